The highest BCUT2D eigenvalue weighted by Crippen LogP contribution is 2.03. The molecule has 7 heteroatoms. The molecule has 1 N–H and O–H groups in total. The lowest BCUT2D eigenvalue weighted by Crippen LogP contribution is -2.27. The van der Waals surface area contributed by atoms with E-state index in [9.17, 15) is 4.79 Å². The number of tetrazole rings is 1. The van der Waals surface area contributed by atoms with Gasteiger partial charge in [-0.3, -0.25) is 9.78 Å². The number of carbonyl (C=O) groups excluding carboxylic acids is 1. The third-order valence-electron chi connectivity index (χ3n) is 2.23. The Morgan fingerprint density at radius 2 is 2.29 bits per heavy atom. The summed E-state index contributed by atoms with van der Waals surface area (Å²) in [6.45, 7) is 2.32. The third-order valence-corrected chi connectivity index (χ3v) is 2.23. The first-order valence-corrected chi connectivity index (χ1v) is 5.08. The molecule has 0 atom stereocenters. The quantitative estimate of drug-likeness (QED) is 0.815. The van der Waals surface area contributed by atoms with Crippen molar-refractivity contribution >= 4 is 5.91 Å². The topological polar surface area (TPSA) is 87.7 Å². The minimum atomic E-state index is -0.290. The molecule has 0 radical (unpaired) electrons. The molecule has 0 saturated carbocycles. The van der Waals surface area contributed by atoms with Crippen LogP contribution in [0.5, 0.6) is 0 Å². The van der Waals surface area contributed by atoms with Crippen LogP contribution in [0.2, 0.25) is 0 Å². The number of H-pyrrole nitrogens is 1. The predicted molar refractivity (Wildman–Crippen MR) is 58.9 cm³/mol. The van der Waals surface area contributed by atoms with Crippen LogP contribution in [0.25, 0.3) is 0 Å². The number of hydrogen-bond donors (Lipinski definition) is 1. The molecule has 2 aromatic rings. The molecule has 0 aliphatic rings. The number of pyridine rings is 1. The smallest absolute Gasteiger partial charge is 0.295 e. The molecule has 0 bridgehead atoms. The first kappa shape index (κ1) is 11.2. The number of carbonyl (C=O) groups is 1. The molecule has 2 heterocycles. The summed E-state index contributed by atoms with van der Waals surface area (Å²) >= 11 is 0. The fraction of sp³-hybridized carbons (Fsp3) is 0.300. The average Bonchev–Trinajstić information content (AvgIpc) is 2.81. The van der Waals surface area contributed by atoms with Gasteiger partial charge in [-0.25, -0.2) is 0 Å². The van der Waals surface area contributed by atoms with E-state index in [1.54, 1.807) is 7.05 Å². The lowest BCUT2D eigenvalue weighted by Gasteiger charge is -2.14. The lowest BCUT2D eigenvalue weighted by molar-refractivity contribution is 0.0771. The normalized spacial score (nSPS) is 10.2. The molecule has 17 heavy (non-hydrogen) atoms. The number of aromatic nitrogens is 5. The Hall–Kier alpha value is -2.31. The summed E-state index contributed by atoms with van der Waals surface area (Å²) in [7, 11) is 1.67. The SMILES string of the molecule is Cc1cccc(CN(C)C(=O)c2nn[nH]n2)n1. The van der Waals surface area contributed by atoms with Crippen molar-refractivity contribution in [3.63, 3.8) is 0 Å². The fourth-order valence-corrected chi connectivity index (χ4v) is 1.43. The molecule has 88 valence electrons. The molecule has 7 nitrogen and oxygen atoms in total. The first-order valence-electron chi connectivity index (χ1n) is 5.08. The maximum Gasteiger partial charge on any atom is 0.295 e. The van der Waals surface area contributed by atoms with Crippen LogP contribution in [0.3, 0.4) is 0 Å². The van der Waals surface area contributed by atoms with E-state index < -0.39 is 0 Å². The molecule has 2 aromatic heterocycles. The molecule has 1 amide bonds. The van der Waals surface area contributed by atoms with Gasteiger partial charge in [0.1, 0.15) is 0 Å². The van der Waals surface area contributed by atoms with Crippen LogP contribution in [-0.4, -0.2) is 43.5 Å². The van der Waals surface area contributed by atoms with E-state index in [0.717, 1.165) is 11.4 Å². The highest BCUT2D eigenvalue weighted by atomic mass is 16.2. The van der Waals surface area contributed by atoms with Crippen molar-refractivity contribution < 1.29 is 4.79 Å². The van der Waals surface area contributed by atoms with Crippen LogP contribution in [0.4, 0.5) is 0 Å². The largest absolute Gasteiger partial charge is 0.333 e. The van der Waals surface area contributed by atoms with Crippen molar-refractivity contribution in [1.82, 2.24) is 30.5 Å². The molecule has 0 aliphatic heterocycles. The van der Waals surface area contributed by atoms with Crippen molar-refractivity contribution in [2.24, 2.45) is 0 Å². The van der Waals surface area contributed by atoms with Gasteiger partial charge < -0.3 is 4.90 Å². The summed E-state index contributed by atoms with van der Waals surface area (Å²) in [4.78, 5) is 17.6. The van der Waals surface area contributed by atoms with Crippen LogP contribution in [0, 0.1) is 6.92 Å². The van der Waals surface area contributed by atoms with Gasteiger partial charge in [-0.1, -0.05) is 6.07 Å². The minimum absolute atomic E-state index is 0.0557. The Balaban J connectivity index is 2.07. The van der Waals surface area contributed by atoms with Crippen LogP contribution >= 0.6 is 0 Å². The summed E-state index contributed by atoms with van der Waals surface area (Å²) < 4.78 is 0. The van der Waals surface area contributed by atoms with E-state index in [2.05, 4.69) is 25.6 Å². The molecule has 2 rings (SSSR count). The third kappa shape index (κ3) is 2.63. The van der Waals surface area contributed by atoms with E-state index in [1.807, 2.05) is 25.1 Å². The van der Waals surface area contributed by atoms with Gasteiger partial charge in [0.25, 0.3) is 11.7 Å². The first-order chi connectivity index (χ1) is 8.16. The predicted octanol–water partition coefficient (Wildman–Crippen LogP) is 0.175. The maximum atomic E-state index is 11.8. The van der Waals surface area contributed by atoms with Crippen LogP contribution in [0.1, 0.15) is 22.0 Å². The number of aryl methyl sites for hydroxylation is 1. The van der Waals surface area contributed by atoms with Gasteiger partial charge in [0.05, 0.1) is 12.2 Å². The Bertz CT molecular complexity index is 509. The summed E-state index contributed by atoms with van der Waals surface area (Å²) in [6.07, 6.45) is 0. The van der Waals surface area contributed by atoms with Crippen molar-refractivity contribution in [3.05, 3.63) is 35.4 Å². The van der Waals surface area contributed by atoms with E-state index in [1.165, 1.54) is 4.90 Å². The van der Waals surface area contributed by atoms with Gasteiger partial charge in [-0.15, -0.1) is 10.2 Å². The number of nitrogens with one attached hydrogen (secondary N) is 1. The van der Waals surface area contributed by atoms with E-state index >= 15 is 0 Å². The standard InChI is InChI=1S/C10H12N6O/c1-7-4-3-5-8(11-7)6-16(2)10(17)9-12-14-15-13-9/h3-5H,6H2,1-2H3,(H,12,13,14,15). The van der Waals surface area contributed by atoms with Gasteiger partial charge in [-0.05, 0) is 24.3 Å². The van der Waals surface area contributed by atoms with Crippen molar-refractivity contribution in [3.8, 4) is 0 Å². The molecular weight excluding hydrogens is 220 g/mol. The van der Waals surface area contributed by atoms with Crippen molar-refractivity contribution in [2.75, 3.05) is 7.05 Å². The molecule has 0 saturated heterocycles. The zero-order valence-electron chi connectivity index (χ0n) is 9.58. The number of aromatic amines is 1. The summed E-state index contributed by atoms with van der Waals surface area (Å²) in [5, 5.41) is 12.9. The highest BCUT2D eigenvalue weighted by Gasteiger charge is 2.16. The lowest BCUT2D eigenvalue weighted by atomic mass is 10.3. The van der Waals surface area contributed by atoms with E-state index in [0.29, 0.717) is 6.54 Å². The molecule has 0 unspecified atom stereocenters. The van der Waals surface area contributed by atoms with Gasteiger partial charge in [0, 0.05) is 12.7 Å². The number of nitrogens with zero attached hydrogens (tertiary/aromatic N) is 5. The fourth-order valence-electron chi connectivity index (χ4n) is 1.43. The zero-order chi connectivity index (χ0) is 12.3. The molecule has 0 aliphatic carbocycles. The van der Waals surface area contributed by atoms with Crippen molar-refractivity contribution in [1.29, 1.82) is 0 Å². The average molecular weight is 232 g/mol. The van der Waals surface area contributed by atoms with Crippen LogP contribution < -0.4 is 0 Å². The molecule has 0 fully saturated rings. The van der Waals surface area contributed by atoms with E-state index in [-0.39, 0.29) is 11.7 Å². The van der Waals surface area contributed by atoms with Crippen molar-refractivity contribution in [2.45, 2.75) is 13.5 Å². The highest BCUT2D eigenvalue weighted by molar-refractivity contribution is 5.89. The Kier molecular flexibility index (Phi) is 3.08. The number of rotatable bonds is 3. The van der Waals surface area contributed by atoms with Gasteiger partial charge in [-0.2, -0.15) is 5.21 Å². The van der Waals surface area contributed by atoms with Crippen LogP contribution in [0.15, 0.2) is 18.2 Å². The Morgan fingerprint density at radius 3 is 2.94 bits per heavy atom. The Labute approximate surface area is 97.9 Å². The second-order valence-corrected chi connectivity index (χ2v) is 3.67. The van der Waals surface area contributed by atoms with Gasteiger partial charge >= 0.3 is 0 Å². The van der Waals surface area contributed by atoms with E-state index in [4.69, 9.17) is 0 Å². The zero-order valence-corrected chi connectivity index (χ0v) is 9.58. The summed E-state index contributed by atoms with van der Waals surface area (Å²) in [5.41, 5.74) is 1.74. The molecule has 0 spiro atoms. The molecule has 0 aromatic carbocycles. The second kappa shape index (κ2) is 4.69. The molecular formula is C10H12N6O. The van der Waals surface area contributed by atoms with Gasteiger partial charge in [0.15, 0.2) is 0 Å². The minimum Gasteiger partial charge on any atom is -0.333 e. The maximum absolute atomic E-state index is 11.8. The number of hydrogen-bond acceptors (Lipinski definition) is 5. The second-order valence-electron chi connectivity index (χ2n) is 3.67. The van der Waals surface area contributed by atoms with Crippen LogP contribution in [-0.2, 0) is 6.54 Å². The summed E-state index contributed by atoms with van der Waals surface area (Å²) in [6, 6.07) is 5.68. The monoisotopic (exact) mass is 232 g/mol. The Morgan fingerprint density at radius 1 is 1.47 bits per heavy atom. The number of amides is 1. The summed E-state index contributed by atoms with van der Waals surface area (Å²) in [5.74, 6) is -0.234. The van der Waals surface area contributed by atoms with Gasteiger partial charge in [0.2, 0.25) is 0 Å².